The first-order valence-electron chi connectivity index (χ1n) is 12.8. The number of carboxylic acid groups (broad SMARTS) is 1. The van der Waals surface area contributed by atoms with Crippen molar-refractivity contribution in [1.82, 2.24) is 19.7 Å². The molecule has 5 aromatic rings. The monoisotopic (exact) mass is 604 g/mol. The maximum Gasteiger partial charge on any atom is 0.308 e. The number of hydrogen-bond donors (Lipinski definition) is 1. The Bertz CT molecular complexity index is 1720. The normalized spacial score (nSPS) is 16.0. The second kappa shape index (κ2) is 11.6. The lowest BCUT2D eigenvalue weighted by Crippen LogP contribution is -2.07. The van der Waals surface area contributed by atoms with Gasteiger partial charge in [-0.15, -0.1) is 33.3 Å². The number of carboxylic acids is 1. The maximum atomic E-state index is 11.3. The topological polar surface area (TPSA) is 99.4 Å². The summed E-state index contributed by atoms with van der Waals surface area (Å²) in [6, 6.07) is 21.7. The van der Waals surface area contributed by atoms with Crippen molar-refractivity contribution in [3.8, 4) is 28.6 Å². The molecule has 2 aromatic heterocycles. The first-order valence-corrected chi connectivity index (χ1v) is 14.9. The number of fused-ring (bicyclic) bond motifs is 3. The molecular weight excluding hydrogens is 580 g/mol. The predicted octanol–water partition coefficient (Wildman–Crippen LogP) is 6.81. The standard InChI is InChI=1S/C30H25ClN4O4S2/c1-38-23-10-6-9-20(27(23)39-2)28-21-13-18(31)11-12-22(21)35-29(17-7-4-3-5-8-17)33-34-30(35)24(41-28)15-25-32-16-19(40-25)14-26(36)37/h3-13,16,24,28H,14-15H2,1-2H3,(H,36,37). The third kappa shape index (κ3) is 5.30. The highest BCUT2D eigenvalue weighted by Crippen LogP contribution is 2.54. The smallest absolute Gasteiger partial charge is 0.308 e. The molecule has 208 valence electrons. The van der Waals surface area contributed by atoms with Crippen LogP contribution in [0.2, 0.25) is 5.02 Å². The van der Waals surface area contributed by atoms with Crippen LogP contribution in [0.4, 0.5) is 0 Å². The Balaban J connectivity index is 1.56. The van der Waals surface area contributed by atoms with E-state index in [0.717, 1.165) is 39.0 Å². The molecule has 3 aromatic carbocycles. The lowest BCUT2D eigenvalue weighted by atomic mass is 10.0. The summed E-state index contributed by atoms with van der Waals surface area (Å²) in [4.78, 5) is 16.6. The van der Waals surface area contributed by atoms with Gasteiger partial charge in [0.1, 0.15) is 0 Å². The van der Waals surface area contributed by atoms with Crippen molar-refractivity contribution in [2.24, 2.45) is 0 Å². The van der Waals surface area contributed by atoms with Crippen molar-refractivity contribution >= 4 is 40.7 Å². The van der Waals surface area contributed by atoms with Gasteiger partial charge in [0.05, 0.1) is 41.8 Å². The molecule has 11 heteroatoms. The van der Waals surface area contributed by atoms with Gasteiger partial charge in [0, 0.05) is 33.6 Å². The number of methoxy groups -OCH3 is 2. The molecule has 2 atom stereocenters. The number of benzene rings is 3. The van der Waals surface area contributed by atoms with Gasteiger partial charge in [0.25, 0.3) is 0 Å². The van der Waals surface area contributed by atoms with E-state index in [9.17, 15) is 9.90 Å². The van der Waals surface area contributed by atoms with Crippen molar-refractivity contribution in [2.45, 2.75) is 23.3 Å². The van der Waals surface area contributed by atoms with Crippen LogP contribution in [0.1, 0.15) is 37.3 Å². The van der Waals surface area contributed by atoms with E-state index in [4.69, 9.17) is 26.2 Å². The van der Waals surface area contributed by atoms with Crippen molar-refractivity contribution in [3.63, 3.8) is 0 Å². The van der Waals surface area contributed by atoms with Crippen LogP contribution in [0.25, 0.3) is 17.1 Å². The predicted molar refractivity (Wildman–Crippen MR) is 161 cm³/mol. The number of rotatable bonds is 8. The van der Waals surface area contributed by atoms with Crippen LogP contribution < -0.4 is 9.47 Å². The Morgan fingerprint density at radius 2 is 1.85 bits per heavy atom. The number of hydrogen-bond acceptors (Lipinski definition) is 8. The molecule has 0 fully saturated rings. The molecule has 0 saturated heterocycles. The Morgan fingerprint density at radius 3 is 2.61 bits per heavy atom. The van der Waals surface area contributed by atoms with Crippen LogP contribution in [0.5, 0.6) is 11.5 Å². The zero-order valence-electron chi connectivity index (χ0n) is 22.2. The Kier molecular flexibility index (Phi) is 7.70. The van der Waals surface area contributed by atoms with E-state index in [-0.39, 0.29) is 16.9 Å². The third-order valence-electron chi connectivity index (χ3n) is 6.82. The fourth-order valence-corrected chi connectivity index (χ4v) is 7.85. The zero-order chi connectivity index (χ0) is 28.5. The molecule has 0 amide bonds. The Morgan fingerprint density at radius 1 is 1.02 bits per heavy atom. The van der Waals surface area contributed by atoms with Gasteiger partial charge < -0.3 is 14.6 Å². The molecule has 41 heavy (non-hydrogen) atoms. The number of halogens is 1. The van der Waals surface area contributed by atoms with E-state index < -0.39 is 5.97 Å². The first-order chi connectivity index (χ1) is 20.0. The molecule has 0 spiro atoms. The molecule has 0 saturated carbocycles. The molecule has 0 bridgehead atoms. The van der Waals surface area contributed by atoms with Crippen LogP contribution in [-0.2, 0) is 17.6 Å². The van der Waals surface area contributed by atoms with E-state index in [2.05, 4.69) is 14.6 Å². The van der Waals surface area contributed by atoms with Gasteiger partial charge in [-0.1, -0.05) is 54.1 Å². The number of aliphatic carboxylic acids is 1. The number of aromatic nitrogens is 4. The Labute approximate surface area is 250 Å². The first kappa shape index (κ1) is 27.3. The van der Waals surface area contributed by atoms with E-state index in [1.165, 1.54) is 11.3 Å². The number of thiazole rings is 1. The van der Waals surface area contributed by atoms with Crippen LogP contribution in [-0.4, -0.2) is 45.0 Å². The second-order valence-electron chi connectivity index (χ2n) is 9.37. The zero-order valence-corrected chi connectivity index (χ0v) is 24.5. The van der Waals surface area contributed by atoms with E-state index >= 15 is 0 Å². The summed E-state index contributed by atoms with van der Waals surface area (Å²) in [6.07, 6.45) is 2.12. The summed E-state index contributed by atoms with van der Waals surface area (Å²) < 4.78 is 13.6. The average molecular weight is 605 g/mol. The summed E-state index contributed by atoms with van der Waals surface area (Å²) in [7, 11) is 3.27. The highest BCUT2D eigenvalue weighted by molar-refractivity contribution is 8.00. The number of thioether (sulfide) groups is 1. The Hall–Kier alpha value is -3.86. The van der Waals surface area contributed by atoms with Crippen molar-refractivity contribution in [2.75, 3.05) is 14.2 Å². The average Bonchev–Trinajstić information content (AvgIpc) is 3.59. The van der Waals surface area contributed by atoms with E-state index in [0.29, 0.717) is 27.8 Å². The number of nitrogens with zero attached hydrogens (tertiary/aromatic N) is 4. The molecular formula is C30H25ClN4O4S2. The molecule has 1 N–H and O–H groups in total. The van der Waals surface area contributed by atoms with Crippen molar-refractivity contribution < 1.29 is 19.4 Å². The van der Waals surface area contributed by atoms with Crippen LogP contribution in [0, 0.1) is 0 Å². The fourth-order valence-electron chi connectivity index (χ4n) is 5.08. The minimum atomic E-state index is -0.881. The summed E-state index contributed by atoms with van der Waals surface area (Å²) in [6.45, 7) is 0. The quantitative estimate of drug-likeness (QED) is 0.206. The minimum absolute atomic E-state index is 0.0581. The lowest BCUT2D eigenvalue weighted by molar-refractivity contribution is -0.136. The second-order valence-corrected chi connectivity index (χ2v) is 12.3. The lowest BCUT2D eigenvalue weighted by Gasteiger charge is -2.23. The van der Waals surface area contributed by atoms with Crippen molar-refractivity contribution in [3.05, 3.63) is 105 Å². The summed E-state index contributed by atoms with van der Waals surface area (Å²) in [5, 5.41) is 19.7. The van der Waals surface area contributed by atoms with Gasteiger partial charge in [-0.3, -0.25) is 9.36 Å². The van der Waals surface area contributed by atoms with Crippen LogP contribution in [0.15, 0.2) is 72.9 Å². The molecule has 3 heterocycles. The maximum absolute atomic E-state index is 11.3. The third-order valence-corrected chi connectivity index (χ3v) is 9.56. The van der Waals surface area contributed by atoms with Gasteiger partial charge in [0.15, 0.2) is 23.1 Å². The largest absolute Gasteiger partial charge is 0.493 e. The molecule has 0 aliphatic carbocycles. The highest BCUT2D eigenvalue weighted by Gasteiger charge is 2.36. The van der Waals surface area contributed by atoms with Crippen molar-refractivity contribution in [1.29, 1.82) is 0 Å². The van der Waals surface area contributed by atoms with E-state index in [1.54, 1.807) is 32.2 Å². The van der Waals surface area contributed by atoms with E-state index in [1.807, 2.05) is 66.7 Å². The summed E-state index contributed by atoms with van der Waals surface area (Å²) in [5.74, 6) is 1.90. The molecule has 8 nitrogen and oxygen atoms in total. The van der Waals surface area contributed by atoms with Gasteiger partial charge in [-0.05, 0) is 29.8 Å². The molecule has 0 radical (unpaired) electrons. The minimum Gasteiger partial charge on any atom is -0.493 e. The fraction of sp³-hybridized carbons (Fsp3) is 0.200. The van der Waals surface area contributed by atoms with Gasteiger partial charge in [-0.25, -0.2) is 4.98 Å². The van der Waals surface area contributed by atoms with Gasteiger partial charge in [-0.2, -0.15) is 0 Å². The number of para-hydroxylation sites is 1. The SMILES string of the molecule is COc1cccc(C2SC(Cc3ncc(CC(=O)O)s3)c3nnc(-c4ccccc4)n3-c3ccc(Cl)cc32)c1OC. The van der Waals surface area contributed by atoms with Gasteiger partial charge in [0.2, 0.25) is 0 Å². The van der Waals surface area contributed by atoms with Gasteiger partial charge >= 0.3 is 5.97 Å². The number of carbonyl (C=O) groups is 1. The number of ether oxygens (including phenoxy) is 2. The summed E-state index contributed by atoms with van der Waals surface area (Å²) in [5.41, 5.74) is 3.78. The van der Waals surface area contributed by atoms with Crippen LogP contribution in [0.3, 0.4) is 0 Å². The molecule has 1 aliphatic rings. The molecule has 1 aliphatic heterocycles. The summed E-state index contributed by atoms with van der Waals surface area (Å²) >= 11 is 9.74. The highest BCUT2D eigenvalue weighted by atomic mass is 35.5. The molecule has 2 unspecified atom stereocenters. The van der Waals surface area contributed by atoms with Crippen LogP contribution >= 0.6 is 34.7 Å². The molecule has 6 rings (SSSR count).